The molecule has 28 heavy (non-hydrogen) atoms. The van der Waals surface area contributed by atoms with Gasteiger partial charge in [-0.25, -0.2) is 9.78 Å². The third-order valence-corrected chi connectivity index (χ3v) is 5.03. The maximum absolute atomic E-state index is 12.8. The molecule has 2 aliphatic rings. The normalized spacial score (nSPS) is 21.1. The minimum absolute atomic E-state index is 0.0260. The Morgan fingerprint density at radius 2 is 2.11 bits per heavy atom. The summed E-state index contributed by atoms with van der Waals surface area (Å²) >= 11 is 0. The van der Waals surface area contributed by atoms with Crippen molar-refractivity contribution >= 4 is 17.8 Å². The lowest BCUT2D eigenvalue weighted by Crippen LogP contribution is -2.51. The number of amides is 3. The third-order valence-electron chi connectivity index (χ3n) is 5.03. The molecular formula is C19H22N6O3. The van der Waals surface area contributed by atoms with Crippen LogP contribution in [0, 0.1) is 5.41 Å². The van der Waals surface area contributed by atoms with Crippen LogP contribution in [0.2, 0.25) is 0 Å². The molecule has 0 aliphatic carbocycles. The maximum atomic E-state index is 12.8. The minimum atomic E-state index is -0.444. The van der Waals surface area contributed by atoms with E-state index in [0.717, 1.165) is 12.0 Å². The average molecular weight is 382 g/mol. The van der Waals surface area contributed by atoms with Crippen molar-refractivity contribution in [3.63, 3.8) is 0 Å². The summed E-state index contributed by atoms with van der Waals surface area (Å²) in [5, 5.41) is 12.3. The van der Waals surface area contributed by atoms with Gasteiger partial charge in [-0.05, 0) is 18.4 Å². The molecule has 1 aromatic heterocycles. The Hall–Kier alpha value is -3.20. The SMILES string of the molecule is N=C(NC(=O)Cn1ccnc1)[C@@H]1CC[C@@H]2CN1C(=O)N2OCc1ccccc1. The molecule has 2 atom stereocenters. The van der Waals surface area contributed by atoms with Gasteiger partial charge in [0.1, 0.15) is 19.0 Å². The Morgan fingerprint density at radius 3 is 2.86 bits per heavy atom. The summed E-state index contributed by atoms with van der Waals surface area (Å²) in [5.41, 5.74) is 0.989. The molecule has 0 spiro atoms. The first-order valence-electron chi connectivity index (χ1n) is 9.22. The quantitative estimate of drug-likeness (QED) is 0.582. The first-order valence-corrected chi connectivity index (χ1v) is 9.22. The largest absolute Gasteiger partial charge is 0.344 e. The Morgan fingerprint density at radius 1 is 1.29 bits per heavy atom. The molecule has 3 heterocycles. The number of nitrogens with one attached hydrogen (secondary N) is 2. The van der Waals surface area contributed by atoms with Crippen LogP contribution in [-0.2, 0) is 22.8 Å². The van der Waals surface area contributed by atoms with E-state index in [1.165, 1.54) is 5.06 Å². The van der Waals surface area contributed by atoms with Crippen molar-refractivity contribution in [2.45, 2.75) is 38.1 Å². The first kappa shape index (κ1) is 18.2. The second-order valence-corrected chi connectivity index (χ2v) is 6.96. The highest BCUT2D eigenvalue weighted by Crippen LogP contribution is 2.30. The number of imidazole rings is 1. The van der Waals surface area contributed by atoms with E-state index in [4.69, 9.17) is 10.2 Å². The number of hydrogen-bond acceptors (Lipinski definition) is 5. The summed E-state index contributed by atoms with van der Waals surface area (Å²) in [4.78, 5) is 36.2. The topological polar surface area (TPSA) is 104 Å². The number of aromatic nitrogens is 2. The Kier molecular flexibility index (Phi) is 5.07. The Balaban J connectivity index is 1.34. The monoisotopic (exact) mass is 382 g/mol. The van der Waals surface area contributed by atoms with Gasteiger partial charge in [0.15, 0.2) is 0 Å². The number of urea groups is 1. The van der Waals surface area contributed by atoms with Gasteiger partial charge in [-0.1, -0.05) is 30.3 Å². The number of carbonyl (C=O) groups excluding carboxylic acids is 2. The number of carbonyl (C=O) groups is 2. The van der Waals surface area contributed by atoms with Crippen molar-refractivity contribution in [3.05, 3.63) is 54.6 Å². The third kappa shape index (κ3) is 3.74. The molecule has 2 fully saturated rings. The molecule has 146 valence electrons. The standard InChI is InChI=1S/C19H22N6O3/c20-18(22-17(26)11-23-9-8-21-13-23)16-7-6-15-10-24(16)19(27)25(15)28-12-14-4-2-1-3-5-14/h1-5,8-9,13,15-16H,6-7,10-12H2,(H2,20,22,26)/t15-,16+/m1/s1. The Bertz CT molecular complexity index is 854. The van der Waals surface area contributed by atoms with Crippen LogP contribution in [0.25, 0.3) is 0 Å². The van der Waals surface area contributed by atoms with Crippen molar-refractivity contribution in [2.75, 3.05) is 6.54 Å². The van der Waals surface area contributed by atoms with Gasteiger partial charge in [0, 0.05) is 18.9 Å². The summed E-state index contributed by atoms with van der Waals surface area (Å²) in [5.74, 6) is -0.268. The zero-order valence-corrected chi connectivity index (χ0v) is 15.3. The summed E-state index contributed by atoms with van der Waals surface area (Å²) < 4.78 is 1.62. The molecular weight excluding hydrogens is 360 g/mol. The van der Waals surface area contributed by atoms with E-state index in [-0.39, 0.29) is 30.4 Å². The van der Waals surface area contributed by atoms with Crippen molar-refractivity contribution in [1.82, 2.24) is 24.8 Å². The lowest BCUT2D eigenvalue weighted by Gasteiger charge is -2.30. The van der Waals surface area contributed by atoms with Crippen LogP contribution in [-0.4, -0.2) is 55.9 Å². The number of hydrogen-bond donors (Lipinski definition) is 2. The van der Waals surface area contributed by atoms with Crippen LogP contribution in [0.1, 0.15) is 18.4 Å². The van der Waals surface area contributed by atoms with E-state index in [0.29, 0.717) is 19.6 Å². The predicted molar refractivity (Wildman–Crippen MR) is 100 cm³/mol. The van der Waals surface area contributed by atoms with Crippen molar-refractivity contribution in [2.24, 2.45) is 0 Å². The predicted octanol–water partition coefficient (Wildman–Crippen LogP) is 1.38. The summed E-state index contributed by atoms with van der Waals surface area (Å²) in [7, 11) is 0. The fraction of sp³-hybridized carbons (Fsp3) is 0.368. The van der Waals surface area contributed by atoms with Crippen molar-refractivity contribution in [3.8, 4) is 0 Å². The van der Waals surface area contributed by atoms with Crippen LogP contribution < -0.4 is 5.32 Å². The van der Waals surface area contributed by atoms with E-state index < -0.39 is 6.04 Å². The molecule has 0 saturated carbocycles. The zero-order valence-electron chi connectivity index (χ0n) is 15.3. The summed E-state index contributed by atoms with van der Waals surface area (Å²) in [6, 6.07) is 8.95. The molecule has 2 aliphatic heterocycles. The molecule has 2 saturated heterocycles. The van der Waals surface area contributed by atoms with Crippen LogP contribution in [0.4, 0.5) is 4.79 Å². The maximum Gasteiger partial charge on any atom is 0.344 e. The van der Waals surface area contributed by atoms with Crippen molar-refractivity contribution in [1.29, 1.82) is 5.41 Å². The van der Waals surface area contributed by atoms with E-state index in [9.17, 15) is 9.59 Å². The minimum Gasteiger partial charge on any atom is -0.328 e. The first-order chi connectivity index (χ1) is 13.6. The molecule has 9 heteroatoms. The molecule has 2 aromatic rings. The number of fused-ring (bicyclic) bond motifs is 2. The number of nitrogens with zero attached hydrogens (tertiary/aromatic N) is 4. The number of hydroxylamine groups is 2. The van der Waals surface area contributed by atoms with E-state index in [2.05, 4.69) is 10.3 Å². The number of amidine groups is 1. The molecule has 4 rings (SSSR count). The molecule has 1 aromatic carbocycles. The summed E-state index contributed by atoms with van der Waals surface area (Å²) in [6.45, 7) is 0.900. The Labute approximate surface area is 162 Å². The lowest BCUT2D eigenvalue weighted by molar-refractivity contribution is -0.140. The average Bonchev–Trinajstić information content (AvgIpc) is 3.28. The van der Waals surface area contributed by atoms with Gasteiger partial charge >= 0.3 is 6.03 Å². The second kappa shape index (κ2) is 7.81. The molecule has 9 nitrogen and oxygen atoms in total. The van der Waals surface area contributed by atoms with Gasteiger partial charge in [0.2, 0.25) is 5.91 Å². The molecule has 2 bridgehead atoms. The van der Waals surface area contributed by atoms with E-state index in [1.54, 1.807) is 28.2 Å². The molecule has 0 unspecified atom stereocenters. The summed E-state index contributed by atoms with van der Waals surface area (Å²) in [6.07, 6.45) is 6.15. The fourth-order valence-electron chi connectivity index (χ4n) is 3.64. The number of benzene rings is 1. The van der Waals surface area contributed by atoms with Gasteiger partial charge < -0.3 is 14.8 Å². The highest BCUT2D eigenvalue weighted by molar-refractivity contribution is 6.00. The van der Waals surface area contributed by atoms with Crippen LogP contribution in [0.15, 0.2) is 49.1 Å². The zero-order chi connectivity index (χ0) is 19.5. The molecule has 0 radical (unpaired) electrons. The number of rotatable bonds is 6. The van der Waals surface area contributed by atoms with Crippen LogP contribution >= 0.6 is 0 Å². The van der Waals surface area contributed by atoms with Gasteiger partial charge in [-0.2, -0.15) is 5.06 Å². The van der Waals surface area contributed by atoms with Crippen molar-refractivity contribution < 1.29 is 14.4 Å². The second-order valence-electron chi connectivity index (χ2n) is 6.96. The van der Waals surface area contributed by atoms with Gasteiger partial charge in [-0.15, -0.1) is 0 Å². The van der Waals surface area contributed by atoms with Gasteiger partial charge in [-0.3, -0.25) is 15.0 Å². The van der Waals surface area contributed by atoms with Gasteiger partial charge in [0.25, 0.3) is 0 Å². The van der Waals surface area contributed by atoms with Crippen LogP contribution in [0.5, 0.6) is 0 Å². The highest BCUT2D eigenvalue weighted by atomic mass is 16.7. The highest BCUT2D eigenvalue weighted by Gasteiger charge is 2.47. The van der Waals surface area contributed by atoms with E-state index >= 15 is 0 Å². The molecule has 2 N–H and O–H groups in total. The van der Waals surface area contributed by atoms with Crippen LogP contribution in [0.3, 0.4) is 0 Å². The smallest absolute Gasteiger partial charge is 0.328 e. The van der Waals surface area contributed by atoms with Gasteiger partial charge in [0.05, 0.1) is 18.4 Å². The number of piperidine rings is 1. The van der Waals surface area contributed by atoms with E-state index in [1.807, 2.05) is 30.3 Å². The molecule has 3 amide bonds. The fourth-order valence-corrected chi connectivity index (χ4v) is 3.64. The lowest BCUT2D eigenvalue weighted by atomic mass is 10.00.